The molecule has 1 saturated heterocycles. The van der Waals surface area contributed by atoms with E-state index in [0.29, 0.717) is 6.04 Å². The Kier molecular flexibility index (Phi) is 5.15. The van der Waals surface area contributed by atoms with Gasteiger partial charge in [0.25, 0.3) is 0 Å². The largest absolute Gasteiger partial charge is 0.384 e. The van der Waals surface area contributed by atoms with E-state index in [0.717, 1.165) is 24.2 Å². The van der Waals surface area contributed by atoms with Crippen LogP contribution in [0.15, 0.2) is 24.3 Å². The zero-order valence-corrected chi connectivity index (χ0v) is 12.6. The second kappa shape index (κ2) is 6.86. The highest BCUT2D eigenvalue weighted by Gasteiger charge is 2.22. The molecule has 1 fully saturated rings. The molecular weight excluding hydrogens is 248 g/mol. The maximum Gasteiger partial charge on any atom is 0.123 e. The van der Waals surface area contributed by atoms with Gasteiger partial charge in [-0.05, 0) is 45.1 Å². The predicted molar refractivity (Wildman–Crippen MR) is 84.1 cm³/mol. The lowest BCUT2D eigenvalue weighted by Crippen LogP contribution is -2.43. The second-order valence-corrected chi connectivity index (χ2v) is 5.65. The van der Waals surface area contributed by atoms with E-state index in [4.69, 9.17) is 11.1 Å². The van der Waals surface area contributed by atoms with Crippen LogP contribution in [0.3, 0.4) is 0 Å². The van der Waals surface area contributed by atoms with Crippen molar-refractivity contribution in [2.24, 2.45) is 5.73 Å². The molecule has 4 heteroatoms. The fraction of sp³-hybridized carbons (Fsp3) is 0.562. The standard InChI is InChI=1S/C16H26N4/c1-3-20-10-8-14(9-11-20)19(2)12-13-6-4-5-7-15(13)16(17)18/h4-7,14H,3,8-12H2,1-2H3,(H3,17,18). The van der Waals surface area contributed by atoms with Crippen molar-refractivity contribution >= 4 is 5.84 Å². The predicted octanol–water partition coefficient (Wildman–Crippen LogP) is 1.89. The van der Waals surface area contributed by atoms with E-state index in [1.165, 1.54) is 25.9 Å². The van der Waals surface area contributed by atoms with Gasteiger partial charge in [0.1, 0.15) is 5.84 Å². The third-order valence-corrected chi connectivity index (χ3v) is 4.35. The lowest BCUT2D eigenvalue weighted by atomic mass is 10.0. The first-order valence-corrected chi connectivity index (χ1v) is 7.46. The number of nitrogens with one attached hydrogen (secondary N) is 1. The molecule has 0 aliphatic carbocycles. The Bertz CT molecular complexity index is 450. The average Bonchev–Trinajstić information content (AvgIpc) is 2.47. The lowest BCUT2D eigenvalue weighted by Gasteiger charge is -2.36. The topological polar surface area (TPSA) is 56.4 Å². The van der Waals surface area contributed by atoms with Crippen molar-refractivity contribution in [3.8, 4) is 0 Å². The minimum absolute atomic E-state index is 0.162. The van der Waals surface area contributed by atoms with Crippen LogP contribution in [0.25, 0.3) is 0 Å². The Balaban J connectivity index is 1.98. The van der Waals surface area contributed by atoms with Crippen molar-refractivity contribution in [2.75, 3.05) is 26.7 Å². The van der Waals surface area contributed by atoms with Crippen LogP contribution in [-0.4, -0.2) is 48.4 Å². The summed E-state index contributed by atoms with van der Waals surface area (Å²) in [5.74, 6) is 0.162. The summed E-state index contributed by atoms with van der Waals surface area (Å²) in [6.07, 6.45) is 2.46. The Labute approximate surface area is 122 Å². The van der Waals surface area contributed by atoms with Gasteiger partial charge in [0.15, 0.2) is 0 Å². The highest BCUT2D eigenvalue weighted by molar-refractivity contribution is 5.96. The molecule has 110 valence electrons. The van der Waals surface area contributed by atoms with E-state index in [9.17, 15) is 0 Å². The fourth-order valence-electron chi connectivity index (χ4n) is 3.00. The highest BCUT2D eigenvalue weighted by atomic mass is 15.2. The first-order chi connectivity index (χ1) is 9.61. The van der Waals surface area contributed by atoms with E-state index < -0.39 is 0 Å². The quantitative estimate of drug-likeness (QED) is 0.637. The van der Waals surface area contributed by atoms with Crippen molar-refractivity contribution in [2.45, 2.75) is 32.4 Å². The molecule has 3 N–H and O–H groups in total. The van der Waals surface area contributed by atoms with E-state index in [1.54, 1.807) is 0 Å². The van der Waals surface area contributed by atoms with Crippen molar-refractivity contribution < 1.29 is 0 Å². The van der Waals surface area contributed by atoms with Gasteiger partial charge in [0.2, 0.25) is 0 Å². The zero-order valence-electron chi connectivity index (χ0n) is 12.6. The maximum absolute atomic E-state index is 7.67. The van der Waals surface area contributed by atoms with Crippen LogP contribution in [0.5, 0.6) is 0 Å². The molecule has 0 atom stereocenters. The summed E-state index contributed by atoms with van der Waals surface area (Å²) in [6.45, 7) is 6.64. The van der Waals surface area contributed by atoms with Crippen LogP contribution < -0.4 is 5.73 Å². The van der Waals surface area contributed by atoms with Crippen molar-refractivity contribution in [3.05, 3.63) is 35.4 Å². The summed E-state index contributed by atoms with van der Waals surface area (Å²) < 4.78 is 0. The Morgan fingerprint density at radius 1 is 1.35 bits per heavy atom. The number of nitrogen functional groups attached to an aromatic ring is 1. The summed E-state index contributed by atoms with van der Waals surface area (Å²) in [4.78, 5) is 4.92. The van der Waals surface area contributed by atoms with Gasteiger partial charge in [-0.15, -0.1) is 0 Å². The van der Waals surface area contributed by atoms with Gasteiger partial charge >= 0.3 is 0 Å². The monoisotopic (exact) mass is 274 g/mol. The number of piperidine rings is 1. The molecule has 1 aromatic carbocycles. The van der Waals surface area contributed by atoms with E-state index in [1.807, 2.05) is 18.2 Å². The Morgan fingerprint density at radius 2 is 2.00 bits per heavy atom. The lowest BCUT2D eigenvalue weighted by molar-refractivity contribution is 0.127. The number of rotatable bonds is 5. The van der Waals surface area contributed by atoms with Crippen LogP contribution in [0.1, 0.15) is 30.9 Å². The molecular formula is C16H26N4. The molecule has 1 aliphatic heterocycles. The number of benzene rings is 1. The van der Waals surface area contributed by atoms with Gasteiger partial charge in [0, 0.05) is 18.2 Å². The minimum atomic E-state index is 0.162. The first-order valence-electron chi connectivity index (χ1n) is 7.46. The number of nitrogens with two attached hydrogens (primary N) is 1. The minimum Gasteiger partial charge on any atom is -0.384 e. The van der Waals surface area contributed by atoms with Crippen LogP contribution >= 0.6 is 0 Å². The molecule has 0 radical (unpaired) electrons. The number of likely N-dealkylation sites (tertiary alicyclic amines) is 1. The van der Waals surface area contributed by atoms with E-state index >= 15 is 0 Å². The number of hydrogen-bond acceptors (Lipinski definition) is 3. The van der Waals surface area contributed by atoms with Gasteiger partial charge in [-0.1, -0.05) is 31.2 Å². The van der Waals surface area contributed by atoms with Crippen molar-refractivity contribution in [3.63, 3.8) is 0 Å². The Hall–Kier alpha value is -1.39. The molecule has 0 amide bonds. The molecule has 0 spiro atoms. The number of amidine groups is 1. The summed E-state index contributed by atoms with van der Waals surface area (Å²) in [6, 6.07) is 8.62. The summed E-state index contributed by atoms with van der Waals surface area (Å²) >= 11 is 0. The van der Waals surface area contributed by atoms with Crippen molar-refractivity contribution in [1.29, 1.82) is 5.41 Å². The van der Waals surface area contributed by atoms with Crippen LogP contribution in [0, 0.1) is 5.41 Å². The number of hydrogen-bond donors (Lipinski definition) is 2. The van der Waals surface area contributed by atoms with Crippen LogP contribution in [0.2, 0.25) is 0 Å². The van der Waals surface area contributed by atoms with Gasteiger partial charge in [-0.25, -0.2) is 0 Å². The van der Waals surface area contributed by atoms with E-state index in [-0.39, 0.29) is 5.84 Å². The van der Waals surface area contributed by atoms with E-state index in [2.05, 4.69) is 29.8 Å². The Morgan fingerprint density at radius 3 is 2.60 bits per heavy atom. The summed E-state index contributed by atoms with van der Waals surface area (Å²) in [5.41, 5.74) is 7.68. The normalized spacial score (nSPS) is 17.6. The molecule has 0 unspecified atom stereocenters. The first kappa shape index (κ1) is 15.0. The molecule has 20 heavy (non-hydrogen) atoms. The second-order valence-electron chi connectivity index (χ2n) is 5.65. The third-order valence-electron chi connectivity index (χ3n) is 4.35. The molecule has 0 saturated carbocycles. The average molecular weight is 274 g/mol. The van der Waals surface area contributed by atoms with Crippen molar-refractivity contribution in [1.82, 2.24) is 9.80 Å². The zero-order chi connectivity index (χ0) is 14.5. The fourth-order valence-corrected chi connectivity index (χ4v) is 3.00. The summed E-state index contributed by atoms with van der Waals surface area (Å²) in [5, 5.41) is 7.67. The molecule has 2 rings (SSSR count). The number of nitrogens with zero attached hydrogens (tertiary/aromatic N) is 2. The van der Waals surface area contributed by atoms with Gasteiger partial charge in [-0.2, -0.15) is 0 Å². The highest BCUT2D eigenvalue weighted by Crippen LogP contribution is 2.18. The van der Waals surface area contributed by atoms with Gasteiger partial charge in [0.05, 0.1) is 0 Å². The molecule has 0 bridgehead atoms. The molecule has 0 aromatic heterocycles. The molecule has 1 aliphatic rings. The molecule has 4 nitrogen and oxygen atoms in total. The van der Waals surface area contributed by atoms with Crippen LogP contribution in [0.4, 0.5) is 0 Å². The summed E-state index contributed by atoms with van der Waals surface area (Å²) in [7, 11) is 2.18. The maximum atomic E-state index is 7.67. The van der Waals surface area contributed by atoms with Crippen LogP contribution in [-0.2, 0) is 6.54 Å². The van der Waals surface area contributed by atoms with Gasteiger partial charge < -0.3 is 10.6 Å². The smallest absolute Gasteiger partial charge is 0.123 e. The molecule has 1 aromatic rings. The van der Waals surface area contributed by atoms with Gasteiger partial charge in [-0.3, -0.25) is 10.3 Å². The molecule has 1 heterocycles. The third kappa shape index (κ3) is 3.58. The SMILES string of the molecule is CCN1CCC(N(C)Cc2ccccc2C(=N)N)CC1.